The van der Waals surface area contributed by atoms with E-state index in [1.807, 2.05) is 20.8 Å². The molecule has 0 aromatic heterocycles. The number of nitrogens with one attached hydrogen (secondary N) is 1. The molecule has 0 radical (unpaired) electrons. The highest BCUT2D eigenvalue weighted by atomic mass is 16.5. The maximum absolute atomic E-state index is 12.0. The Morgan fingerprint density at radius 1 is 0.870 bits per heavy atom. The summed E-state index contributed by atoms with van der Waals surface area (Å²) in [5.74, 6) is -1.04. The summed E-state index contributed by atoms with van der Waals surface area (Å²) < 4.78 is 10.2. The molecule has 0 aliphatic rings. The van der Waals surface area contributed by atoms with Gasteiger partial charge in [0.05, 0.1) is 13.2 Å². The molecule has 0 spiro atoms. The first kappa shape index (κ1) is 21.4. The normalized spacial score (nSPS) is 11.6. The van der Waals surface area contributed by atoms with Crippen molar-refractivity contribution in [3.8, 4) is 0 Å². The van der Waals surface area contributed by atoms with E-state index < -0.39 is 12.0 Å². The fourth-order valence-corrected chi connectivity index (χ4v) is 1.82. The molecule has 0 rings (SSSR count). The van der Waals surface area contributed by atoms with Crippen LogP contribution in [0, 0.1) is 0 Å². The van der Waals surface area contributed by atoms with E-state index in [1.54, 1.807) is 0 Å². The molecule has 1 N–H and O–H groups in total. The molecule has 0 fully saturated rings. The predicted molar refractivity (Wildman–Crippen MR) is 87.8 cm³/mol. The second-order valence-corrected chi connectivity index (χ2v) is 5.50. The summed E-state index contributed by atoms with van der Waals surface area (Å²) in [6.45, 7) is 6.62. The molecule has 0 saturated carbocycles. The fraction of sp³-hybridized carbons (Fsp3) is 0.824. The minimum atomic E-state index is -0.787. The first-order chi connectivity index (χ1) is 11.0. The van der Waals surface area contributed by atoms with Crippen molar-refractivity contribution in [1.29, 1.82) is 0 Å². The lowest BCUT2D eigenvalue weighted by Crippen LogP contribution is -2.42. The molecule has 0 aromatic carbocycles. The van der Waals surface area contributed by atoms with Crippen LogP contribution in [0.5, 0.6) is 0 Å². The Bertz CT molecular complexity index is 357. The third-order valence-electron chi connectivity index (χ3n) is 3.24. The topological polar surface area (TPSA) is 81.7 Å². The number of carbonyl (C=O) groups excluding carboxylic acids is 3. The fourth-order valence-electron chi connectivity index (χ4n) is 1.82. The van der Waals surface area contributed by atoms with E-state index in [1.165, 1.54) is 0 Å². The molecule has 0 aromatic rings. The lowest BCUT2D eigenvalue weighted by atomic mass is 10.1. The highest BCUT2D eigenvalue weighted by molar-refractivity contribution is 5.84. The van der Waals surface area contributed by atoms with Crippen molar-refractivity contribution in [3.05, 3.63) is 0 Å². The van der Waals surface area contributed by atoms with Crippen LogP contribution in [-0.2, 0) is 23.9 Å². The van der Waals surface area contributed by atoms with Crippen molar-refractivity contribution in [1.82, 2.24) is 5.32 Å². The first-order valence-corrected chi connectivity index (χ1v) is 8.66. The average molecular weight is 329 g/mol. The molecule has 6 nitrogen and oxygen atoms in total. The summed E-state index contributed by atoms with van der Waals surface area (Å²) in [4.78, 5) is 35.4. The lowest BCUT2D eigenvalue weighted by molar-refractivity contribution is -0.149. The number of ether oxygens (including phenoxy) is 2. The Morgan fingerprint density at radius 2 is 1.48 bits per heavy atom. The van der Waals surface area contributed by atoms with Gasteiger partial charge in [0.15, 0.2) is 0 Å². The van der Waals surface area contributed by atoms with E-state index in [4.69, 9.17) is 9.47 Å². The van der Waals surface area contributed by atoms with Crippen LogP contribution < -0.4 is 5.32 Å². The molecule has 0 aliphatic carbocycles. The van der Waals surface area contributed by atoms with Crippen LogP contribution in [0.25, 0.3) is 0 Å². The van der Waals surface area contributed by atoms with Crippen LogP contribution in [-0.4, -0.2) is 37.1 Å². The van der Waals surface area contributed by atoms with Gasteiger partial charge in [-0.15, -0.1) is 0 Å². The number of esters is 2. The molecular weight excluding hydrogens is 298 g/mol. The monoisotopic (exact) mass is 329 g/mol. The Labute approximate surface area is 139 Å². The maximum atomic E-state index is 12.0. The van der Waals surface area contributed by atoms with E-state index in [-0.39, 0.29) is 24.7 Å². The summed E-state index contributed by atoms with van der Waals surface area (Å²) in [5.41, 5.74) is 0. The third kappa shape index (κ3) is 11.6. The van der Waals surface area contributed by atoms with Gasteiger partial charge in [-0.3, -0.25) is 9.59 Å². The zero-order valence-corrected chi connectivity index (χ0v) is 14.7. The predicted octanol–water partition coefficient (Wildman–Crippen LogP) is 2.74. The summed E-state index contributed by atoms with van der Waals surface area (Å²) in [5, 5.41) is 2.65. The average Bonchev–Trinajstić information content (AvgIpc) is 2.52. The molecule has 134 valence electrons. The highest BCUT2D eigenvalue weighted by Gasteiger charge is 2.23. The van der Waals surface area contributed by atoms with Crippen LogP contribution in [0.1, 0.15) is 72.1 Å². The van der Waals surface area contributed by atoms with Crippen molar-refractivity contribution in [2.24, 2.45) is 0 Å². The lowest BCUT2D eigenvalue weighted by Gasteiger charge is -2.17. The smallest absolute Gasteiger partial charge is 0.328 e. The van der Waals surface area contributed by atoms with Crippen LogP contribution in [0.4, 0.5) is 0 Å². The number of unbranched alkanes of at least 4 members (excludes halogenated alkanes) is 2. The van der Waals surface area contributed by atoms with Crippen molar-refractivity contribution in [3.63, 3.8) is 0 Å². The molecule has 0 heterocycles. The van der Waals surface area contributed by atoms with Gasteiger partial charge in [0.1, 0.15) is 6.04 Å². The second-order valence-electron chi connectivity index (χ2n) is 5.50. The first-order valence-electron chi connectivity index (χ1n) is 8.66. The molecule has 0 aliphatic heterocycles. The van der Waals surface area contributed by atoms with Crippen molar-refractivity contribution < 1.29 is 23.9 Å². The number of amides is 1. The van der Waals surface area contributed by atoms with Gasteiger partial charge in [0.2, 0.25) is 5.91 Å². The minimum absolute atomic E-state index is 0.0870. The molecule has 0 unspecified atom stereocenters. The number of rotatable bonds is 13. The van der Waals surface area contributed by atoms with Gasteiger partial charge in [0, 0.05) is 12.8 Å². The SMILES string of the molecule is CCCCOC(=O)CC[C@@H](NC(=O)CCC)C(=O)OCCCC. The van der Waals surface area contributed by atoms with Gasteiger partial charge in [-0.25, -0.2) is 4.79 Å². The molecule has 1 amide bonds. The van der Waals surface area contributed by atoms with E-state index in [0.29, 0.717) is 26.1 Å². The Morgan fingerprint density at radius 3 is 2.04 bits per heavy atom. The zero-order valence-electron chi connectivity index (χ0n) is 14.7. The minimum Gasteiger partial charge on any atom is -0.466 e. The van der Waals surface area contributed by atoms with E-state index in [2.05, 4.69) is 5.32 Å². The number of carbonyl (C=O) groups is 3. The Hall–Kier alpha value is -1.59. The summed E-state index contributed by atoms with van der Waals surface area (Å²) in [6, 6.07) is -0.787. The summed E-state index contributed by atoms with van der Waals surface area (Å²) >= 11 is 0. The maximum Gasteiger partial charge on any atom is 0.328 e. The van der Waals surface area contributed by atoms with Gasteiger partial charge in [-0.2, -0.15) is 0 Å². The Kier molecular flexibility index (Phi) is 13.1. The van der Waals surface area contributed by atoms with Crippen molar-refractivity contribution >= 4 is 17.8 Å². The van der Waals surface area contributed by atoms with E-state index >= 15 is 0 Å². The largest absolute Gasteiger partial charge is 0.466 e. The van der Waals surface area contributed by atoms with E-state index in [0.717, 1.165) is 25.7 Å². The van der Waals surface area contributed by atoms with Gasteiger partial charge in [0.25, 0.3) is 0 Å². The molecular formula is C17H31NO5. The summed E-state index contributed by atoms with van der Waals surface area (Å²) in [7, 11) is 0. The van der Waals surface area contributed by atoms with Gasteiger partial charge in [-0.05, 0) is 25.7 Å². The molecule has 0 saturated heterocycles. The van der Waals surface area contributed by atoms with Crippen LogP contribution in [0.3, 0.4) is 0 Å². The van der Waals surface area contributed by atoms with Crippen molar-refractivity contribution in [2.75, 3.05) is 13.2 Å². The van der Waals surface area contributed by atoms with Gasteiger partial charge < -0.3 is 14.8 Å². The standard InChI is InChI=1S/C17H31NO5/c1-4-7-12-22-16(20)11-10-14(18-15(19)9-6-3)17(21)23-13-8-5-2/h14H,4-13H2,1-3H3,(H,18,19)/t14-/m1/s1. The third-order valence-corrected chi connectivity index (χ3v) is 3.24. The van der Waals surface area contributed by atoms with Crippen LogP contribution >= 0.6 is 0 Å². The van der Waals surface area contributed by atoms with Crippen LogP contribution in [0.2, 0.25) is 0 Å². The number of hydrogen-bond donors (Lipinski definition) is 1. The van der Waals surface area contributed by atoms with Crippen LogP contribution in [0.15, 0.2) is 0 Å². The molecule has 1 atom stereocenters. The molecule has 23 heavy (non-hydrogen) atoms. The quantitative estimate of drug-likeness (QED) is 0.415. The zero-order chi connectivity index (χ0) is 17.5. The number of hydrogen-bond acceptors (Lipinski definition) is 5. The molecule has 0 bridgehead atoms. The van der Waals surface area contributed by atoms with E-state index in [9.17, 15) is 14.4 Å². The van der Waals surface area contributed by atoms with Crippen molar-refractivity contribution in [2.45, 2.75) is 78.2 Å². The second kappa shape index (κ2) is 14.0. The summed E-state index contributed by atoms with van der Waals surface area (Å²) in [6.07, 6.45) is 4.80. The highest BCUT2D eigenvalue weighted by Crippen LogP contribution is 2.05. The van der Waals surface area contributed by atoms with Gasteiger partial charge in [-0.1, -0.05) is 33.6 Å². The Balaban J connectivity index is 4.37. The molecule has 6 heteroatoms. The van der Waals surface area contributed by atoms with Gasteiger partial charge >= 0.3 is 11.9 Å².